The van der Waals surface area contributed by atoms with Gasteiger partial charge in [0.1, 0.15) is 0 Å². The Balaban J connectivity index is 1.54. The van der Waals surface area contributed by atoms with Crippen molar-refractivity contribution in [3.63, 3.8) is 0 Å². The van der Waals surface area contributed by atoms with Gasteiger partial charge in [0.05, 0.1) is 29.5 Å². The molecule has 1 aromatic heterocycles. The van der Waals surface area contributed by atoms with Crippen LogP contribution in [-0.4, -0.2) is 61.0 Å². The highest BCUT2D eigenvalue weighted by Crippen LogP contribution is 2.27. The molecule has 1 fully saturated rings. The van der Waals surface area contributed by atoms with Gasteiger partial charge in [0, 0.05) is 23.9 Å². The Bertz CT molecular complexity index is 1080. The van der Waals surface area contributed by atoms with Gasteiger partial charge in [0.2, 0.25) is 5.95 Å². The maximum atomic E-state index is 12.6. The molecule has 0 radical (unpaired) electrons. The van der Waals surface area contributed by atoms with Crippen LogP contribution in [0, 0.1) is 0 Å². The van der Waals surface area contributed by atoms with E-state index in [0.717, 1.165) is 24.7 Å². The number of sulfone groups is 1. The van der Waals surface area contributed by atoms with Crippen molar-refractivity contribution in [1.82, 2.24) is 14.8 Å². The fourth-order valence-electron chi connectivity index (χ4n) is 3.13. The summed E-state index contributed by atoms with van der Waals surface area (Å²) in [6.07, 6.45) is 0. The topological polar surface area (TPSA) is 77.3 Å². The van der Waals surface area contributed by atoms with Crippen molar-refractivity contribution in [2.45, 2.75) is 10.1 Å². The molecule has 7 nitrogen and oxygen atoms in total. The lowest BCUT2D eigenvalue weighted by Crippen LogP contribution is -2.37. The van der Waals surface area contributed by atoms with Gasteiger partial charge in [-0.25, -0.2) is 8.42 Å². The van der Waals surface area contributed by atoms with Crippen molar-refractivity contribution in [2.75, 3.05) is 42.7 Å². The van der Waals surface area contributed by atoms with Crippen molar-refractivity contribution in [1.29, 1.82) is 0 Å². The van der Waals surface area contributed by atoms with Gasteiger partial charge in [0.15, 0.2) is 15.0 Å². The van der Waals surface area contributed by atoms with Crippen LogP contribution < -0.4 is 4.90 Å². The molecule has 0 saturated carbocycles. The minimum Gasteiger partial charge on any atom is -0.378 e. The number of aromatic nitrogens is 3. The largest absolute Gasteiger partial charge is 0.378 e. The summed E-state index contributed by atoms with van der Waals surface area (Å²) in [5.74, 6) is 1.10. The van der Waals surface area contributed by atoms with E-state index in [1.165, 1.54) is 23.9 Å². The summed E-state index contributed by atoms with van der Waals surface area (Å²) in [5.41, 5.74) is 0.937. The standard InChI is InChI=1S/C20H21ClN4O3S2/c21-16-6-8-18(9-7-16)30(26,27)15-14-29-20-23-22-19(24-10-12-28-13-11-24)25(20)17-4-2-1-3-5-17/h1-9H,10-15H2. The second-order valence-electron chi connectivity index (χ2n) is 6.67. The third-order valence-electron chi connectivity index (χ3n) is 4.68. The number of thioether (sulfide) groups is 1. The third-order valence-corrected chi connectivity index (χ3v) is 7.85. The molecule has 2 heterocycles. The summed E-state index contributed by atoms with van der Waals surface area (Å²) < 4.78 is 32.7. The first-order valence-corrected chi connectivity index (χ1v) is 12.5. The van der Waals surface area contributed by atoms with E-state index in [0.29, 0.717) is 29.1 Å². The van der Waals surface area contributed by atoms with Gasteiger partial charge in [-0.05, 0) is 36.4 Å². The number of hydrogen-bond donors (Lipinski definition) is 0. The first kappa shape index (κ1) is 21.2. The molecular weight excluding hydrogens is 444 g/mol. The molecule has 3 aromatic rings. The average molecular weight is 465 g/mol. The van der Waals surface area contributed by atoms with Crippen molar-refractivity contribution < 1.29 is 13.2 Å². The third kappa shape index (κ3) is 4.80. The molecule has 2 aromatic carbocycles. The maximum absolute atomic E-state index is 12.6. The van der Waals surface area contributed by atoms with E-state index in [9.17, 15) is 8.42 Å². The molecule has 1 saturated heterocycles. The number of halogens is 1. The molecule has 0 bridgehead atoms. The molecule has 0 aliphatic carbocycles. The van der Waals surface area contributed by atoms with Crippen molar-refractivity contribution in [2.24, 2.45) is 0 Å². The van der Waals surface area contributed by atoms with Gasteiger partial charge in [-0.3, -0.25) is 4.57 Å². The summed E-state index contributed by atoms with van der Waals surface area (Å²) in [5, 5.41) is 9.92. The van der Waals surface area contributed by atoms with Gasteiger partial charge in [-0.15, -0.1) is 10.2 Å². The minimum absolute atomic E-state index is 0.00611. The zero-order chi connectivity index (χ0) is 21.0. The highest BCUT2D eigenvalue weighted by molar-refractivity contribution is 8.00. The lowest BCUT2D eigenvalue weighted by Gasteiger charge is -2.27. The van der Waals surface area contributed by atoms with Gasteiger partial charge < -0.3 is 9.64 Å². The molecule has 158 valence electrons. The molecular formula is C20H21ClN4O3S2. The Morgan fingerprint density at radius 1 is 1.00 bits per heavy atom. The summed E-state index contributed by atoms with van der Waals surface area (Å²) in [4.78, 5) is 2.41. The van der Waals surface area contributed by atoms with Gasteiger partial charge >= 0.3 is 0 Å². The van der Waals surface area contributed by atoms with E-state index in [2.05, 4.69) is 15.1 Å². The van der Waals surface area contributed by atoms with Crippen LogP contribution in [-0.2, 0) is 14.6 Å². The van der Waals surface area contributed by atoms with Crippen LogP contribution in [0.3, 0.4) is 0 Å². The quantitative estimate of drug-likeness (QED) is 0.496. The number of nitrogens with zero attached hydrogens (tertiary/aromatic N) is 4. The Morgan fingerprint density at radius 2 is 1.70 bits per heavy atom. The molecule has 0 atom stereocenters. The zero-order valence-electron chi connectivity index (χ0n) is 16.1. The Hall–Kier alpha value is -2.07. The molecule has 0 amide bonds. The Kier molecular flexibility index (Phi) is 6.62. The smallest absolute Gasteiger partial charge is 0.232 e. The molecule has 0 unspecified atom stereocenters. The maximum Gasteiger partial charge on any atom is 0.232 e. The molecule has 0 N–H and O–H groups in total. The predicted molar refractivity (Wildman–Crippen MR) is 119 cm³/mol. The average Bonchev–Trinajstić information content (AvgIpc) is 3.19. The van der Waals surface area contributed by atoms with Gasteiger partial charge in [0.25, 0.3) is 0 Å². The number of rotatable bonds is 7. The van der Waals surface area contributed by atoms with E-state index < -0.39 is 9.84 Å². The molecule has 1 aliphatic rings. The lowest BCUT2D eigenvalue weighted by molar-refractivity contribution is 0.122. The number of para-hydroxylation sites is 1. The van der Waals surface area contributed by atoms with Gasteiger partial charge in [-0.1, -0.05) is 41.6 Å². The van der Waals surface area contributed by atoms with E-state index >= 15 is 0 Å². The van der Waals surface area contributed by atoms with Crippen LogP contribution in [0.4, 0.5) is 5.95 Å². The number of benzene rings is 2. The second kappa shape index (κ2) is 9.38. The number of hydrogen-bond acceptors (Lipinski definition) is 7. The number of anilines is 1. The van der Waals surface area contributed by atoms with Crippen LogP contribution in [0.1, 0.15) is 0 Å². The first-order chi connectivity index (χ1) is 14.5. The van der Waals surface area contributed by atoms with Crippen LogP contribution in [0.25, 0.3) is 5.69 Å². The lowest BCUT2D eigenvalue weighted by atomic mass is 10.3. The molecule has 30 heavy (non-hydrogen) atoms. The fraction of sp³-hybridized carbons (Fsp3) is 0.300. The highest BCUT2D eigenvalue weighted by Gasteiger charge is 2.22. The van der Waals surface area contributed by atoms with Crippen LogP contribution in [0.15, 0.2) is 64.6 Å². The molecule has 0 spiro atoms. The monoisotopic (exact) mass is 464 g/mol. The normalized spacial score (nSPS) is 14.8. The Labute approximate surface area is 184 Å². The summed E-state index contributed by atoms with van der Waals surface area (Å²) in [6.45, 7) is 2.76. The summed E-state index contributed by atoms with van der Waals surface area (Å²) >= 11 is 7.24. The minimum atomic E-state index is -3.40. The van der Waals surface area contributed by atoms with E-state index in [1.807, 2.05) is 34.9 Å². The van der Waals surface area contributed by atoms with Gasteiger partial charge in [-0.2, -0.15) is 0 Å². The number of morpholine rings is 1. The van der Waals surface area contributed by atoms with E-state index in [-0.39, 0.29) is 10.6 Å². The highest BCUT2D eigenvalue weighted by atomic mass is 35.5. The van der Waals surface area contributed by atoms with Crippen LogP contribution >= 0.6 is 23.4 Å². The van der Waals surface area contributed by atoms with Crippen LogP contribution in [0.5, 0.6) is 0 Å². The SMILES string of the molecule is O=S(=O)(CCSc1nnc(N2CCOCC2)n1-c1ccccc1)c1ccc(Cl)cc1. The summed E-state index contributed by atoms with van der Waals surface area (Å²) in [7, 11) is -3.40. The van der Waals surface area contributed by atoms with Crippen molar-refractivity contribution in [3.8, 4) is 5.69 Å². The molecule has 1 aliphatic heterocycles. The summed E-state index contributed by atoms with van der Waals surface area (Å²) in [6, 6.07) is 16.1. The van der Waals surface area contributed by atoms with Crippen LogP contribution in [0.2, 0.25) is 5.02 Å². The predicted octanol–water partition coefficient (Wildman–Crippen LogP) is 3.32. The Morgan fingerprint density at radius 3 is 2.40 bits per heavy atom. The molecule has 10 heteroatoms. The zero-order valence-corrected chi connectivity index (χ0v) is 18.5. The second-order valence-corrected chi connectivity index (χ2v) is 10.3. The fourth-order valence-corrected chi connectivity index (χ4v) is 5.85. The number of ether oxygens (including phenoxy) is 1. The first-order valence-electron chi connectivity index (χ1n) is 9.49. The van der Waals surface area contributed by atoms with Crippen molar-refractivity contribution >= 4 is 39.1 Å². The van der Waals surface area contributed by atoms with E-state index in [4.69, 9.17) is 16.3 Å². The molecule has 4 rings (SSSR count). The van der Waals surface area contributed by atoms with Crippen molar-refractivity contribution in [3.05, 3.63) is 59.6 Å². The van der Waals surface area contributed by atoms with E-state index in [1.54, 1.807) is 12.1 Å².